The molecule has 3 N–H and O–H groups in total. The number of tetrazole rings is 1. The second-order valence-electron chi connectivity index (χ2n) is 7.05. The molecule has 1 amide bonds. The van der Waals surface area contributed by atoms with Crippen LogP contribution in [-0.2, 0) is 11.2 Å². The lowest BCUT2D eigenvalue weighted by atomic mass is 9.83. The first-order valence-electron chi connectivity index (χ1n) is 9.65. The van der Waals surface area contributed by atoms with Crippen LogP contribution >= 0.6 is 0 Å². The lowest BCUT2D eigenvalue weighted by molar-refractivity contribution is -0.143. The maximum Gasteiger partial charge on any atom is 0.307 e. The zero-order valence-corrected chi connectivity index (χ0v) is 16.0. The summed E-state index contributed by atoms with van der Waals surface area (Å²) in [6.07, 6.45) is 1.76. The maximum atomic E-state index is 12.6. The topological polar surface area (TPSA) is 124 Å². The number of nitrogens with one attached hydrogen (secondary N) is 2. The summed E-state index contributed by atoms with van der Waals surface area (Å²) in [7, 11) is 0. The van der Waals surface area contributed by atoms with Crippen molar-refractivity contribution in [2.45, 2.75) is 32.1 Å². The van der Waals surface area contributed by atoms with E-state index in [0.29, 0.717) is 37.3 Å². The summed E-state index contributed by atoms with van der Waals surface area (Å²) in [5, 5.41) is 27.0. The molecule has 1 aromatic heterocycles. The predicted octanol–water partition coefficient (Wildman–Crippen LogP) is 1.07. The zero-order valence-electron chi connectivity index (χ0n) is 16.0. The Balaban J connectivity index is 1.75. The summed E-state index contributed by atoms with van der Waals surface area (Å²) in [6, 6.07) is 7.38. The maximum absolute atomic E-state index is 12.6. The number of rotatable bonds is 8. The Hall–Kier alpha value is -2.81. The van der Waals surface area contributed by atoms with Gasteiger partial charge >= 0.3 is 5.97 Å². The van der Waals surface area contributed by atoms with Crippen LogP contribution in [0.25, 0.3) is 0 Å². The molecular formula is C19H26N6O3. The van der Waals surface area contributed by atoms with E-state index >= 15 is 0 Å². The number of benzene rings is 1. The molecule has 3 rings (SSSR count). The van der Waals surface area contributed by atoms with Crippen molar-refractivity contribution in [1.29, 1.82) is 0 Å². The van der Waals surface area contributed by atoms with Crippen LogP contribution in [0.15, 0.2) is 24.3 Å². The van der Waals surface area contributed by atoms with Gasteiger partial charge in [-0.15, -0.1) is 10.2 Å². The van der Waals surface area contributed by atoms with Crippen LogP contribution in [0.2, 0.25) is 0 Å². The van der Waals surface area contributed by atoms with Gasteiger partial charge < -0.3 is 15.3 Å². The van der Waals surface area contributed by atoms with Gasteiger partial charge in [-0.1, -0.05) is 30.7 Å². The van der Waals surface area contributed by atoms with Crippen molar-refractivity contribution in [3.05, 3.63) is 41.2 Å². The van der Waals surface area contributed by atoms with E-state index < -0.39 is 11.9 Å². The number of piperazine rings is 1. The largest absolute Gasteiger partial charge is 0.481 e. The monoisotopic (exact) mass is 386 g/mol. The van der Waals surface area contributed by atoms with Crippen molar-refractivity contribution in [3.63, 3.8) is 0 Å². The highest BCUT2D eigenvalue weighted by Crippen LogP contribution is 2.30. The summed E-state index contributed by atoms with van der Waals surface area (Å²) >= 11 is 0. The van der Waals surface area contributed by atoms with Gasteiger partial charge in [0.2, 0.25) is 0 Å². The van der Waals surface area contributed by atoms with Crippen LogP contribution in [0.5, 0.6) is 0 Å². The van der Waals surface area contributed by atoms with Crippen molar-refractivity contribution >= 4 is 11.9 Å². The third-order valence-electron chi connectivity index (χ3n) is 5.16. The average molecular weight is 386 g/mol. The number of aromatic amines is 1. The van der Waals surface area contributed by atoms with Gasteiger partial charge in [0.05, 0.1) is 5.92 Å². The van der Waals surface area contributed by atoms with Crippen molar-refractivity contribution in [3.8, 4) is 0 Å². The van der Waals surface area contributed by atoms with E-state index in [4.69, 9.17) is 0 Å². The molecule has 0 aliphatic carbocycles. The Labute approximate surface area is 163 Å². The number of carboxylic acid groups (broad SMARTS) is 1. The molecule has 150 valence electrons. The number of hydrogen-bond acceptors (Lipinski definition) is 6. The number of hydrogen-bond donors (Lipinski definition) is 3. The van der Waals surface area contributed by atoms with Gasteiger partial charge in [-0.3, -0.25) is 9.59 Å². The van der Waals surface area contributed by atoms with E-state index in [1.807, 2.05) is 36.1 Å². The molecule has 0 saturated carbocycles. The van der Waals surface area contributed by atoms with Gasteiger partial charge in [0.25, 0.3) is 5.91 Å². The Morgan fingerprint density at radius 3 is 2.50 bits per heavy atom. The Bertz CT molecular complexity index is 771. The number of carboxylic acids is 1. The first kappa shape index (κ1) is 19.9. The third-order valence-corrected chi connectivity index (χ3v) is 5.16. The number of amides is 1. The first-order chi connectivity index (χ1) is 13.6. The van der Waals surface area contributed by atoms with Crippen LogP contribution < -0.4 is 5.32 Å². The number of carbonyl (C=O) groups is 2. The zero-order chi connectivity index (χ0) is 19.9. The number of nitrogens with zero attached hydrogens (tertiary/aromatic N) is 4. The smallest absolute Gasteiger partial charge is 0.307 e. The molecule has 2 aromatic rings. The molecule has 2 unspecified atom stereocenters. The number of H-pyrrole nitrogens is 1. The second-order valence-corrected chi connectivity index (χ2v) is 7.05. The molecule has 1 aromatic carbocycles. The van der Waals surface area contributed by atoms with E-state index in [0.717, 1.165) is 25.1 Å². The molecule has 1 aliphatic heterocycles. The Kier molecular flexibility index (Phi) is 6.70. The van der Waals surface area contributed by atoms with Crippen LogP contribution in [0.1, 0.15) is 47.4 Å². The van der Waals surface area contributed by atoms with Gasteiger partial charge in [0.1, 0.15) is 0 Å². The standard InChI is InChI=1S/C19H26N6O3/c1-2-3-15(19(27)28)16(17-21-23-24-22-17)12-13-4-6-14(7-5-13)18(26)25-10-8-20-9-11-25/h4-7,15-16,20H,2-3,8-12H2,1H3,(H,27,28)(H,21,22,23,24). The number of aromatic nitrogens is 4. The molecule has 1 fully saturated rings. The molecule has 0 radical (unpaired) electrons. The fraction of sp³-hybridized carbons (Fsp3) is 0.526. The summed E-state index contributed by atoms with van der Waals surface area (Å²) in [4.78, 5) is 26.2. The van der Waals surface area contributed by atoms with Crippen molar-refractivity contribution in [2.75, 3.05) is 26.2 Å². The fourth-order valence-corrected chi connectivity index (χ4v) is 3.64. The van der Waals surface area contributed by atoms with E-state index in [1.165, 1.54) is 0 Å². The Morgan fingerprint density at radius 1 is 1.21 bits per heavy atom. The van der Waals surface area contributed by atoms with Crippen molar-refractivity contribution in [1.82, 2.24) is 30.8 Å². The van der Waals surface area contributed by atoms with Crippen LogP contribution in [0.4, 0.5) is 0 Å². The minimum absolute atomic E-state index is 0.0252. The van der Waals surface area contributed by atoms with Gasteiger partial charge in [-0.25, -0.2) is 0 Å². The molecule has 1 saturated heterocycles. The molecule has 1 aliphatic rings. The van der Waals surface area contributed by atoms with E-state index in [-0.39, 0.29) is 11.8 Å². The van der Waals surface area contributed by atoms with Crippen molar-refractivity contribution < 1.29 is 14.7 Å². The first-order valence-corrected chi connectivity index (χ1v) is 9.65. The highest BCUT2D eigenvalue weighted by atomic mass is 16.4. The summed E-state index contributed by atoms with van der Waals surface area (Å²) in [5.41, 5.74) is 1.58. The second kappa shape index (κ2) is 9.41. The molecule has 28 heavy (non-hydrogen) atoms. The molecule has 2 atom stereocenters. The van der Waals surface area contributed by atoms with Crippen molar-refractivity contribution in [2.24, 2.45) is 5.92 Å². The minimum Gasteiger partial charge on any atom is -0.481 e. The summed E-state index contributed by atoms with van der Waals surface area (Å²) in [6.45, 7) is 4.99. The van der Waals surface area contributed by atoms with Crippen LogP contribution in [0, 0.1) is 5.92 Å². The van der Waals surface area contributed by atoms with E-state index in [2.05, 4.69) is 25.9 Å². The molecule has 9 nitrogen and oxygen atoms in total. The fourth-order valence-electron chi connectivity index (χ4n) is 3.64. The summed E-state index contributed by atoms with van der Waals surface area (Å²) in [5.74, 6) is -1.41. The van der Waals surface area contributed by atoms with Crippen LogP contribution in [-0.4, -0.2) is 68.7 Å². The van der Waals surface area contributed by atoms with Gasteiger partial charge in [0.15, 0.2) is 5.82 Å². The average Bonchev–Trinajstić information content (AvgIpc) is 3.25. The highest BCUT2D eigenvalue weighted by Gasteiger charge is 2.32. The SMILES string of the molecule is CCCC(C(=O)O)C(Cc1ccc(C(=O)N2CCNCC2)cc1)c1nn[nH]n1. The third kappa shape index (κ3) is 4.72. The lowest BCUT2D eigenvalue weighted by Gasteiger charge is -2.27. The summed E-state index contributed by atoms with van der Waals surface area (Å²) < 4.78 is 0. The van der Waals surface area contributed by atoms with E-state index in [1.54, 1.807) is 0 Å². The Morgan fingerprint density at radius 2 is 1.93 bits per heavy atom. The molecule has 2 heterocycles. The molecule has 0 bridgehead atoms. The van der Waals surface area contributed by atoms with Crippen LogP contribution in [0.3, 0.4) is 0 Å². The predicted molar refractivity (Wildman–Crippen MR) is 102 cm³/mol. The van der Waals surface area contributed by atoms with Gasteiger partial charge in [-0.05, 0) is 30.5 Å². The highest BCUT2D eigenvalue weighted by molar-refractivity contribution is 5.94. The molecular weight excluding hydrogens is 360 g/mol. The quantitative estimate of drug-likeness (QED) is 0.620. The lowest BCUT2D eigenvalue weighted by Crippen LogP contribution is -2.46. The van der Waals surface area contributed by atoms with Gasteiger partial charge in [-0.2, -0.15) is 5.21 Å². The normalized spacial score (nSPS) is 16.5. The van der Waals surface area contributed by atoms with Gasteiger partial charge in [0, 0.05) is 37.7 Å². The number of carbonyl (C=O) groups excluding carboxylic acids is 1. The molecule has 9 heteroatoms. The number of aliphatic carboxylic acids is 1. The molecule has 0 spiro atoms. The minimum atomic E-state index is -0.859. The van der Waals surface area contributed by atoms with E-state index in [9.17, 15) is 14.7 Å².